The number of nitrogen functional groups attached to an aromatic ring is 1. The molecule has 1 aliphatic heterocycles. The maximum Gasteiger partial charge on any atom is 0.254 e. The van der Waals surface area contributed by atoms with Crippen LogP contribution in [0.25, 0.3) is 0 Å². The highest BCUT2D eigenvalue weighted by Crippen LogP contribution is 2.17. The van der Waals surface area contributed by atoms with Crippen LogP contribution in [0.1, 0.15) is 10.4 Å². The van der Waals surface area contributed by atoms with Crippen molar-refractivity contribution in [3.05, 3.63) is 29.3 Å². The second kappa shape index (κ2) is 6.36. The Balaban J connectivity index is 2.02. The summed E-state index contributed by atoms with van der Waals surface area (Å²) in [4.78, 5) is 16.3. The van der Waals surface area contributed by atoms with E-state index < -0.39 is 17.5 Å². The molecular weight excluding hydrogens is 278 g/mol. The lowest BCUT2D eigenvalue weighted by Gasteiger charge is -2.37. The van der Waals surface area contributed by atoms with Crippen LogP contribution in [0.2, 0.25) is 0 Å². The van der Waals surface area contributed by atoms with Gasteiger partial charge in [0.15, 0.2) is 5.82 Å². The summed E-state index contributed by atoms with van der Waals surface area (Å²) >= 11 is 0. The first-order chi connectivity index (χ1) is 9.88. The monoisotopic (exact) mass is 298 g/mol. The lowest BCUT2D eigenvalue weighted by atomic mass is 10.1. The molecule has 1 fully saturated rings. The average Bonchev–Trinajstić information content (AvgIpc) is 2.43. The number of likely N-dealkylation sites (N-methyl/N-ethyl adjacent to an activating group) is 2. The quantitative estimate of drug-likeness (QED) is 0.799. The molecule has 1 heterocycles. The highest BCUT2D eigenvalue weighted by molar-refractivity contribution is 5.95. The third-order valence-corrected chi connectivity index (χ3v) is 3.79. The van der Waals surface area contributed by atoms with Crippen molar-refractivity contribution >= 4 is 11.6 Å². The molecular formula is C14H20F2N4O. The number of halogens is 2. The minimum Gasteiger partial charge on any atom is -0.396 e. The van der Waals surface area contributed by atoms with Gasteiger partial charge in [0.05, 0.1) is 11.3 Å². The number of hydrogen-bond donors (Lipinski definition) is 2. The fourth-order valence-electron chi connectivity index (χ4n) is 2.40. The molecule has 0 aromatic heterocycles. The molecule has 1 aromatic rings. The van der Waals surface area contributed by atoms with Gasteiger partial charge >= 0.3 is 0 Å². The Labute approximate surface area is 122 Å². The Kier molecular flexibility index (Phi) is 4.74. The summed E-state index contributed by atoms with van der Waals surface area (Å²) in [5.41, 5.74) is 4.60. The number of anilines is 1. The maximum atomic E-state index is 13.8. The summed E-state index contributed by atoms with van der Waals surface area (Å²) in [6.45, 7) is 3.05. The molecule has 1 aliphatic rings. The number of nitrogens with two attached hydrogens (primary N) is 1. The number of benzene rings is 1. The third-order valence-electron chi connectivity index (χ3n) is 3.79. The molecule has 0 saturated carbocycles. The average molecular weight is 298 g/mol. The third kappa shape index (κ3) is 3.68. The summed E-state index contributed by atoms with van der Waals surface area (Å²) in [6, 6.07) is 1.86. The molecule has 21 heavy (non-hydrogen) atoms. The van der Waals surface area contributed by atoms with Crippen LogP contribution in [-0.4, -0.2) is 62.0 Å². The van der Waals surface area contributed by atoms with Crippen LogP contribution in [0.4, 0.5) is 14.5 Å². The Morgan fingerprint density at radius 1 is 1.38 bits per heavy atom. The smallest absolute Gasteiger partial charge is 0.254 e. The van der Waals surface area contributed by atoms with Crippen LogP contribution in [0.5, 0.6) is 0 Å². The van der Waals surface area contributed by atoms with Gasteiger partial charge in [0.25, 0.3) is 5.91 Å². The van der Waals surface area contributed by atoms with Crippen molar-refractivity contribution in [1.82, 2.24) is 15.1 Å². The van der Waals surface area contributed by atoms with Crippen LogP contribution in [0, 0.1) is 11.6 Å². The number of piperazine rings is 1. The molecule has 1 saturated heterocycles. The van der Waals surface area contributed by atoms with Crippen LogP contribution in [-0.2, 0) is 0 Å². The topological polar surface area (TPSA) is 61.6 Å². The van der Waals surface area contributed by atoms with Crippen molar-refractivity contribution < 1.29 is 13.6 Å². The zero-order valence-corrected chi connectivity index (χ0v) is 12.2. The normalized spacial score (nSPS) is 20.5. The van der Waals surface area contributed by atoms with E-state index in [4.69, 9.17) is 5.73 Å². The standard InChI is InChI=1S/C14H20F2N4O/c1-19-3-4-20(2)10(8-19)7-18-14(21)11-5-9(15)6-12(17)13(11)16/h5-6,10H,3-4,7-8,17H2,1-2H3,(H,18,21). The van der Waals surface area contributed by atoms with Gasteiger partial charge in [-0.05, 0) is 26.2 Å². The van der Waals surface area contributed by atoms with Gasteiger partial charge < -0.3 is 16.0 Å². The fraction of sp³-hybridized carbons (Fsp3) is 0.500. The van der Waals surface area contributed by atoms with Gasteiger partial charge in [-0.1, -0.05) is 0 Å². The molecule has 5 nitrogen and oxygen atoms in total. The van der Waals surface area contributed by atoms with E-state index in [0.717, 1.165) is 31.8 Å². The van der Waals surface area contributed by atoms with Gasteiger partial charge in [-0.2, -0.15) is 0 Å². The SMILES string of the molecule is CN1CCN(C)C(CNC(=O)c2cc(F)cc(N)c2F)C1. The van der Waals surface area contributed by atoms with E-state index in [1.54, 1.807) is 0 Å². The van der Waals surface area contributed by atoms with E-state index >= 15 is 0 Å². The van der Waals surface area contributed by atoms with Gasteiger partial charge in [0.1, 0.15) is 5.82 Å². The number of amides is 1. The van der Waals surface area contributed by atoms with Gasteiger partial charge in [-0.25, -0.2) is 8.78 Å². The minimum atomic E-state index is -0.886. The molecule has 3 N–H and O–H groups in total. The lowest BCUT2D eigenvalue weighted by molar-refractivity contribution is 0.0877. The molecule has 2 rings (SSSR count). The first-order valence-corrected chi connectivity index (χ1v) is 6.80. The van der Waals surface area contributed by atoms with Gasteiger partial charge in [0, 0.05) is 32.2 Å². The van der Waals surface area contributed by atoms with E-state index in [1.807, 2.05) is 14.1 Å². The second-order valence-electron chi connectivity index (χ2n) is 5.46. The minimum absolute atomic E-state index is 0.140. The molecule has 1 unspecified atom stereocenters. The summed E-state index contributed by atoms with van der Waals surface area (Å²) in [6.07, 6.45) is 0. The predicted octanol–water partition coefficient (Wildman–Crippen LogP) is 0.523. The number of nitrogens with zero attached hydrogens (tertiary/aromatic N) is 2. The highest BCUT2D eigenvalue weighted by Gasteiger charge is 2.23. The number of nitrogens with one attached hydrogen (secondary N) is 1. The molecule has 1 aromatic carbocycles. The predicted molar refractivity (Wildman–Crippen MR) is 77.0 cm³/mol. The van der Waals surface area contributed by atoms with E-state index in [-0.39, 0.29) is 17.3 Å². The summed E-state index contributed by atoms with van der Waals surface area (Å²) < 4.78 is 27.0. The Bertz CT molecular complexity index is 538. The van der Waals surface area contributed by atoms with Crippen LogP contribution >= 0.6 is 0 Å². The number of carbonyl (C=O) groups excluding carboxylic acids is 1. The number of rotatable bonds is 3. The fourth-order valence-corrected chi connectivity index (χ4v) is 2.40. The first-order valence-electron chi connectivity index (χ1n) is 6.80. The van der Waals surface area contributed by atoms with Crippen molar-refractivity contribution in [2.24, 2.45) is 0 Å². The summed E-state index contributed by atoms with van der Waals surface area (Å²) in [5, 5.41) is 2.65. The molecule has 1 atom stereocenters. The van der Waals surface area contributed by atoms with Crippen molar-refractivity contribution in [2.75, 3.05) is 46.0 Å². The van der Waals surface area contributed by atoms with Crippen molar-refractivity contribution in [3.8, 4) is 0 Å². The van der Waals surface area contributed by atoms with Crippen LogP contribution in [0.15, 0.2) is 12.1 Å². The molecule has 1 amide bonds. The Morgan fingerprint density at radius 2 is 2.10 bits per heavy atom. The highest BCUT2D eigenvalue weighted by atomic mass is 19.1. The van der Waals surface area contributed by atoms with E-state index in [0.29, 0.717) is 6.54 Å². The summed E-state index contributed by atoms with van der Waals surface area (Å²) in [5.74, 6) is -2.27. The maximum absolute atomic E-state index is 13.8. The molecule has 7 heteroatoms. The zero-order chi connectivity index (χ0) is 15.6. The van der Waals surface area contributed by atoms with Crippen LogP contribution in [0.3, 0.4) is 0 Å². The number of carbonyl (C=O) groups is 1. The lowest BCUT2D eigenvalue weighted by Crippen LogP contribution is -2.54. The molecule has 0 radical (unpaired) electrons. The van der Waals surface area contributed by atoms with Gasteiger partial charge in [-0.3, -0.25) is 9.69 Å². The Morgan fingerprint density at radius 3 is 2.81 bits per heavy atom. The van der Waals surface area contributed by atoms with Crippen molar-refractivity contribution in [2.45, 2.75) is 6.04 Å². The molecule has 0 bridgehead atoms. The summed E-state index contributed by atoms with van der Waals surface area (Å²) in [7, 11) is 3.99. The second-order valence-corrected chi connectivity index (χ2v) is 5.46. The van der Waals surface area contributed by atoms with E-state index in [2.05, 4.69) is 15.1 Å². The van der Waals surface area contributed by atoms with E-state index in [9.17, 15) is 13.6 Å². The van der Waals surface area contributed by atoms with Gasteiger partial charge in [0.2, 0.25) is 0 Å². The van der Waals surface area contributed by atoms with Crippen molar-refractivity contribution in [1.29, 1.82) is 0 Å². The van der Waals surface area contributed by atoms with Crippen molar-refractivity contribution in [3.63, 3.8) is 0 Å². The van der Waals surface area contributed by atoms with Crippen LogP contribution < -0.4 is 11.1 Å². The first kappa shape index (κ1) is 15.7. The zero-order valence-electron chi connectivity index (χ0n) is 12.2. The largest absolute Gasteiger partial charge is 0.396 e. The number of hydrogen-bond acceptors (Lipinski definition) is 4. The molecule has 116 valence electrons. The van der Waals surface area contributed by atoms with E-state index in [1.165, 1.54) is 0 Å². The molecule has 0 aliphatic carbocycles. The molecule has 0 spiro atoms. The Hall–Kier alpha value is -1.73. The van der Waals surface area contributed by atoms with Gasteiger partial charge in [-0.15, -0.1) is 0 Å².